The molecular formula is C21H21N3O4. The summed E-state index contributed by atoms with van der Waals surface area (Å²) >= 11 is 0. The molecule has 1 N–H and O–H groups in total. The van der Waals surface area contributed by atoms with Crippen LogP contribution in [0.25, 0.3) is 22.4 Å². The molecular weight excluding hydrogens is 358 g/mol. The average molecular weight is 379 g/mol. The molecule has 7 nitrogen and oxygen atoms in total. The number of benzene rings is 1. The van der Waals surface area contributed by atoms with Crippen LogP contribution in [0.2, 0.25) is 0 Å². The fraction of sp³-hybridized carbons (Fsp3) is 0.286. The van der Waals surface area contributed by atoms with E-state index in [0.29, 0.717) is 24.5 Å². The summed E-state index contributed by atoms with van der Waals surface area (Å²) in [6.45, 7) is 3.65. The molecule has 0 saturated heterocycles. The van der Waals surface area contributed by atoms with Gasteiger partial charge in [0, 0.05) is 23.5 Å². The predicted octanol–water partition coefficient (Wildman–Crippen LogP) is 4.49. The lowest BCUT2D eigenvalue weighted by molar-refractivity contribution is -0.145. The Balaban J connectivity index is 1.26. The van der Waals surface area contributed by atoms with Crippen LogP contribution in [0.15, 0.2) is 45.4 Å². The Morgan fingerprint density at radius 3 is 2.86 bits per heavy atom. The summed E-state index contributed by atoms with van der Waals surface area (Å²) in [5.74, 6) is 1.82. The number of nitrogens with one attached hydrogen (secondary N) is 1. The van der Waals surface area contributed by atoms with E-state index in [2.05, 4.69) is 21.2 Å². The Kier molecular flexibility index (Phi) is 4.97. The number of ether oxygens (including phenoxy) is 1. The highest BCUT2D eigenvalue weighted by molar-refractivity contribution is 5.83. The first-order chi connectivity index (χ1) is 13.6. The quantitative estimate of drug-likeness (QED) is 0.475. The van der Waals surface area contributed by atoms with Crippen LogP contribution in [0.1, 0.15) is 35.8 Å². The lowest BCUT2D eigenvalue weighted by Crippen LogP contribution is -2.05. The van der Waals surface area contributed by atoms with Crippen LogP contribution in [-0.2, 0) is 22.6 Å². The molecule has 0 fully saturated rings. The molecule has 144 valence electrons. The summed E-state index contributed by atoms with van der Waals surface area (Å²) in [6.07, 6.45) is 3.85. The molecule has 0 aliphatic heterocycles. The zero-order valence-electron chi connectivity index (χ0n) is 15.8. The van der Waals surface area contributed by atoms with E-state index >= 15 is 0 Å². The maximum Gasteiger partial charge on any atom is 0.306 e. The van der Waals surface area contributed by atoms with Gasteiger partial charge in [-0.15, -0.1) is 10.2 Å². The van der Waals surface area contributed by atoms with Gasteiger partial charge in [-0.05, 0) is 44.4 Å². The third-order valence-electron chi connectivity index (χ3n) is 4.60. The largest absolute Gasteiger partial charge is 0.466 e. The van der Waals surface area contributed by atoms with E-state index in [1.165, 1.54) is 10.9 Å². The molecule has 0 unspecified atom stereocenters. The van der Waals surface area contributed by atoms with E-state index in [1.54, 1.807) is 0 Å². The lowest BCUT2D eigenvalue weighted by atomic mass is 10.1. The first-order valence-electron chi connectivity index (χ1n) is 9.20. The van der Waals surface area contributed by atoms with Gasteiger partial charge in [0.1, 0.15) is 11.5 Å². The molecule has 4 rings (SSSR count). The van der Waals surface area contributed by atoms with E-state index in [1.807, 2.05) is 44.3 Å². The highest BCUT2D eigenvalue weighted by Crippen LogP contribution is 2.25. The van der Waals surface area contributed by atoms with Crippen molar-refractivity contribution in [2.24, 2.45) is 0 Å². The topological polar surface area (TPSA) is 94.2 Å². The maximum atomic E-state index is 12.0. The van der Waals surface area contributed by atoms with Gasteiger partial charge < -0.3 is 18.6 Å². The Morgan fingerprint density at radius 1 is 1.18 bits per heavy atom. The van der Waals surface area contributed by atoms with Crippen molar-refractivity contribution >= 4 is 16.9 Å². The Bertz CT molecular complexity index is 1110. The van der Waals surface area contributed by atoms with Gasteiger partial charge in [-0.2, -0.15) is 0 Å². The summed E-state index contributed by atoms with van der Waals surface area (Å²) < 4.78 is 16.3. The molecule has 0 saturated carbocycles. The number of esters is 1. The van der Waals surface area contributed by atoms with E-state index in [0.717, 1.165) is 23.3 Å². The van der Waals surface area contributed by atoms with E-state index in [9.17, 15) is 4.79 Å². The molecule has 3 heterocycles. The van der Waals surface area contributed by atoms with E-state index in [4.69, 9.17) is 13.6 Å². The smallest absolute Gasteiger partial charge is 0.306 e. The second kappa shape index (κ2) is 7.72. The number of rotatable bonds is 7. The molecule has 0 spiro atoms. The minimum absolute atomic E-state index is 0.0329. The van der Waals surface area contributed by atoms with Crippen LogP contribution >= 0.6 is 0 Å². The molecule has 7 heteroatoms. The number of furan rings is 1. The van der Waals surface area contributed by atoms with Crippen molar-refractivity contribution in [2.45, 2.75) is 39.7 Å². The van der Waals surface area contributed by atoms with Gasteiger partial charge >= 0.3 is 5.97 Å². The van der Waals surface area contributed by atoms with Crippen LogP contribution in [0, 0.1) is 13.8 Å². The first kappa shape index (κ1) is 18.0. The molecule has 28 heavy (non-hydrogen) atoms. The minimum atomic E-state index is -0.282. The number of para-hydroxylation sites is 1. The second-order valence-electron chi connectivity index (χ2n) is 6.70. The standard InChI is InChI=1S/C21H21N3O4/c1-13-10-17(14(2)27-13)21-24-23-19(28-21)12-26-20(25)9-5-6-15-11-22-18-8-4-3-7-16(15)18/h3-4,7-8,10-11,22H,5-6,9,12H2,1-2H3. The Morgan fingerprint density at radius 2 is 2.04 bits per heavy atom. The monoisotopic (exact) mass is 379 g/mol. The summed E-state index contributed by atoms with van der Waals surface area (Å²) in [5.41, 5.74) is 3.06. The maximum absolute atomic E-state index is 12.0. The van der Waals surface area contributed by atoms with Crippen LogP contribution in [0.3, 0.4) is 0 Å². The molecule has 0 aliphatic rings. The molecule has 0 bridgehead atoms. The lowest BCUT2D eigenvalue weighted by Gasteiger charge is -2.02. The van der Waals surface area contributed by atoms with E-state index in [-0.39, 0.29) is 18.5 Å². The molecule has 1 aromatic carbocycles. The normalized spacial score (nSPS) is 11.2. The molecule has 3 aromatic heterocycles. The number of hydrogen-bond acceptors (Lipinski definition) is 6. The van der Waals surface area contributed by atoms with Crippen molar-refractivity contribution < 1.29 is 18.4 Å². The van der Waals surface area contributed by atoms with Gasteiger partial charge in [0.2, 0.25) is 0 Å². The van der Waals surface area contributed by atoms with Crippen LogP contribution in [-0.4, -0.2) is 21.2 Å². The average Bonchev–Trinajstić information content (AvgIpc) is 3.39. The number of H-pyrrole nitrogens is 1. The molecule has 0 atom stereocenters. The number of nitrogens with zero attached hydrogens (tertiary/aromatic N) is 2. The fourth-order valence-corrected chi connectivity index (χ4v) is 3.24. The number of fused-ring (bicyclic) bond motifs is 1. The molecule has 0 amide bonds. The SMILES string of the molecule is Cc1cc(-c2nnc(COC(=O)CCCc3c[nH]c4ccccc34)o2)c(C)o1. The number of carbonyl (C=O) groups is 1. The molecule has 0 radical (unpaired) electrons. The third kappa shape index (κ3) is 3.83. The van der Waals surface area contributed by atoms with Gasteiger partial charge in [-0.25, -0.2) is 0 Å². The third-order valence-corrected chi connectivity index (χ3v) is 4.60. The number of aromatic amines is 1. The first-order valence-corrected chi connectivity index (χ1v) is 9.20. The zero-order valence-corrected chi connectivity index (χ0v) is 15.8. The summed E-state index contributed by atoms with van der Waals surface area (Å²) in [5, 5.41) is 9.12. The highest BCUT2D eigenvalue weighted by atomic mass is 16.5. The number of aromatic nitrogens is 3. The van der Waals surface area contributed by atoms with Gasteiger partial charge in [0.15, 0.2) is 6.61 Å². The van der Waals surface area contributed by atoms with E-state index < -0.39 is 0 Å². The van der Waals surface area contributed by atoms with Gasteiger partial charge in [0.05, 0.1) is 5.56 Å². The number of hydrogen-bond donors (Lipinski definition) is 1. The Hall–Kier alpha value is -3.35. The number of carbonyl (C=O) groups excluding carboxylic acids is 1. The van der Waals surface area contributed by atoms with Gasteiger partial charge in [-0.1, -0.05) is 18.2 Å². The summed E-state index contributed by atoms with van der Waals surface area (Å²) in [7, 11) is 0. The molecule has 4 aromatic rings. The van der Waals surface area contributed by atoms with Gasteiger partial charge in [-0.3, -0.25) is 4.79 Å². The van der Waals surface area contributed by atoms with Crippen molar-refractivity contribution in [2.75, 3.05) is 0 Å². The van der Waals surface area contributed by atoms with Crippen molar-refractivity contribution in [3.8, 4) is 11.5 Å². The second-order valence-corrected chi connectivity index (χ2v) is 6.70. The van der Waals surface area contributed by atoms with Crippen molar-refractivity contribution in [3.05, 3.63) is 59.5 Å². The predicted molar refractivity (Wildman–Crippen MR) is 103 cm³/mol. The van der Waals surface area contributed by atoms with Crippen LogP contribution in [0.4, 0.5) is 0 Å². The van der Waals surface area contributed by atoms with Crippen molar-refractivity contribution in [1.82, 2.24) is 15.2 Å². The fourth-order valence-electron chi connectivity index (χ4n) is 3.24. The van der Waals surface area contributed by atoms with Crippen molar-refractivity contribution in [3.63, 3.8) is 0 Å². The van der Waals surface area contributed by atoms with Crippen molar-refractivity contribution in [1.29, 1.82) is 0 Å². The van der Waals surface area contributed by atoms with Crippen LogP contribution in [0.5, 0.6) is 0 Å². The summed E-state index contributed by atoms with van der Waals surface area (Å²) in [6, 6.07) is 9.97. The van der Waals surface area contributed by atoms with Gasteiger partial charge in [0.25, 0.3) is 11.8 Å². The van der Waals surface area contributed by atoms with Crippen LogP contribution < -0.4 is 0 Å². The molecule has 0 aliphatic carbocycles. The summed E-state index contributed by atoms with van der Waals surface area (Å²) in [4.78, 5) is 15.3. The zero-order chi connectivity index (χ0) is 19.5. The minimum Gasteiger partial charge on any atom is -0.466 e. The highest BCUT2D eigenvalue weighted by Gasteiger charge is 2.15. The number of aryl methyl sites for hydroxylation is 3. The Labute approximate surface area is 161 Å².